The number of thiophene rings is 1. The predicted molar refractivity (Wildman–Crippen MR) is 143 cm³/mol. The van der Waals surface area contributed by atoms with Crippen molar-refractivity contribution >= 4 is 40.4 Å². The summed E-state index contributed by atoms with van der Waals surface area (Å²) in [5.74, 6) is -0.205. The lowest BCUT2D eigenvalue weighted by atomic mass is 9.93. The van der Waals surface area contributed by atoms with Crippen LogP contribution in [0, 0.1) is 10.1 Å². The fraction of sp³-hybridized carbons (Fsp3) is 0.333. The number of hydrogen-bond donors (Lipinski definition) is 0. The van der Waals surface area contributed by atoms with E-state index < -0.39 is 4.92 Å². The number of carbonyl (C=O) groups excluding carboxylic acids is 2. The van der Waals surface area contributed by atoms with Crippen LogP contribution in [0.1, 0.15) is 38.8 Å². The smallest absolute Gasteiger partial charge is 0.270 e. The summed E-state index contributed by atoms with van der Waals surface area (Å²) >= 11 is 7.89. The zero-order valence-electron chi connectivity index (χ0n) is 20.2. The molecule has 2 aliphatic heterocycles. The zero-order valence-corrected chi connectivity index (χ0v) is 21.8. The molecule has 37 heavy (non-hydrogen) atoms. The highest BCUT2D eigenvalue weighted by Gasteiger charge is 2.32. The van der Waals surface area contributed by atoms with Crippen molar-refractivity contribution in [2.75, 3.05) is 39.3 Å². The van der Waals surface area contributed by atoms with E-state index in [2.05, 4.69) is 16.3 Å². The maximum absolute atomic E-state index is 13.5. The minimum absolute atomic E-state index is 0.00450. The summed E-state index contributed by atoms with van der Waals surface area (Å²) in [7, 11) is 0. The molecule has 0 aliphatic carbocycles. The first-order chi connectivity index (χ1) is 17.9. The molecule has 1 atom stereocenters. The quantitative estimate of drug-likeness (QED) is 0.349. The van der Waals surface area contributed by atoms with Crippen LogP contribution in [0.5, 0.6) is 0 Å². The molecule has 2 aromatic carbocycles. The van der Waals surface area contributed by atoms with Crippen LogP contribution < -0.4 is 0 Å². The molecule has 1 fully saturated rings. The Morgan fingerprint density at radius 1 is 1.00 bits per heavy atom. The monoisotopic (exact) mass is 538 g/mol. The summed E-state index contributed by atoms with van der Waals surface area (Å²) in [6, 6.07) is 15.8. The molecular weight excluding hydrogens is 512 g/mol. The lowest BCUT2D eigenvalue weighted by Gasteiger charge is -2.37. The van der Waals surface area contributed by atoms with Gasteiger partial charge in [-0.15, -0.1) is 11.3 Å². The minimum atomic E-state index is -0.503. The van der Waals surface area contributed by atoms with E-state index in [0.29, 0.717) is 49.7 Å². The predicted octanol–water partition coefficient (Wildman–Crippen LogP) is 4.63. The minimum Gasteiger partial charge on any atom is -0.340 e. The van der Waals surface area contributed by atoms with Crippen LogP contribution in [0.15, 0.2) is 60.0 Å². The molecule has 10 heteroatoms. The Labute approximate surface area is 224 Å². The summed E-state index contributed by atoms with van der Waals surface area (Å²) in [6.07, 6.45) is 1.57. The van der Waals surface area contributed by atoms with Gasteiger partial charge in [-0.1, -0.05) is 29.8 Å². The van der Waals surface area contributed by atoms with Crippen LogP contribution in [-0.2, 0) is 11.2 Å². The van der Waals surface area contributed by atoms with Gasteiger partial charge in [-0.2, -0.15) is 0 Å². The number of fused-ring (bicyclic) bond motifs is 1. The van der Waals surface area contributed by atoms with Gasteiger partial charge in [-0.05, 0) is 53.6 Å². The lowest BCUT2D eigenvalue weighted by molar-refractivity contribution is -0.384. The Bertz CT molecular complexity index is 1310. The second-order valence-electron chi connectivity index (χ2n) is 9.31. The summed E-state index contributed by atoms with van der Waals surface area (Å²) in [4.78, 5) is 44.2. The van der Waals surface area contributed by atoms with Crippen molar-refractivity contribution in [3.05, 3.63) is 96.7 Å². The van der Waals surface area contributed by atoms with Crippen molar-refractivity contribution in [2.24, 2.45) is 0 Å². The van der Waals surface area contributed by atoms with Crippen molar-refractivity contribution in [1.29, 1.82) is 0 Å². The number of nitro benzene ring substituents is 1. The van der Waals surface area contributed by atoms with Gasteiger partial charge in [-0.25, -0.2) is 0 Å². The normalized spacial score (nSPS) is 18.2. The molecule has 2 aliphatic rings. The maximum Gasteiger partial charge on any atom is 0.270 e. The van der Waals surface area contributed by atoms with Gasteiger partial charge in [0.1, 0.15) is 0 Å². The van der Waals surface area contributed by atoms with Crippen LogP contribution >= 0.6 is 22.9 Å². The lowest BCUT2D eigenvalue weighted by Crippen LogP contribution is -2.45. The highest BCUT2D eigenvalue weighted by Crippen LogP contribution is 2.38. The van der Waals surface area contributed by atoms with Gasteiger partial charge in [0.25, 0.3) is 11.6 Å². The number of hydrogen-bond acceptors (Lipinski definition) is 6. The zero-order chi connectivity index (χ0) is 25.9. The maximum atomic E-state index is 13.5. The molecule has 3 heterocycles. The van der Waals surface area contributed by atoms with Gasteiger partial charge in [0, 0.05) is 60.3 Å². The second kappa shape index (κ2) is 11.0. The van der Waals surface area contributed by atoms with Crippen LogP contribution in [0.2, 0.25) is 5.02 Å². The number of amides is 2. The largest absolute Gasteiger partial charge is 0.340 e. The van der Waals surface area contributed by atoms with Crippen molar-refractivity contribution in [2.45, 2.75) is 18.9 Å². The molecule has 0 radical (unpaired) electrons. The number of rotatable bonds is 5. The van der Waals surface area contributed by atoms with E-state index in [0.717, 1.165) is 18.5 Å². The fourth-order valence-electron chi connectivity index (χ4n) is 5.15. The van der Waals surface area contributed by atoms with Gasteiger partial charge in [0.2, 0.25) is 5.91 Å². The summed E-state index contributed by atoms with van der Waals surface area (Å²) in [5.41, 5.74) is 2.54. The first kappa shape index (κ1) is 25.4. The van der Waals surface area contributed by atoms with E-state index >= 15 is 0 Å². The van der Waals surface area contributed by atoms with E-state index in [1.54, 1.807) is 22.3 Å². The van der Waals surface area contributed by atoms with Gasteiger partial charge in [-0.3, -0.25) is 24.6 Å². The molecule has 0 N–H and O–H groups in total. The summed E-state index contributed by atoms with van der Waals surface area (Å²) in [6.45, 7) is 2.98. The van der Waals surface area contributed by atoms with Crippen LogP contribution in [0.25, 0.3) is 0 Å². The van der Waals surface area contributed by atoms with E-state index in [1.807, 2.05) is 29.2 Å². The van der Waals surface area contributed by atoms with Crippen molar-refractivity contribution in [3.63, 3.8) is 0 Å². The Kier molecular flexibility index (Phi) is 7.55. The first-order valence-electron chi connectivity index (χ1n) is 12.3. The number of nitrogens with zero attached hydrogens (tertiary/aromatic N) is 4. The molecule has 0 saturated carbocycles. The number of halogens is 1. The molecular formula is C27H27ClN4O4S. The number of carbonyl (C=O) groups is 2. The van der Waals surface area contributed by atoms with E-state index in [1.165, 1.54) is 28.6 Å². The molecule has 8 nitrogen and oxygen atoms in total. The molecule has 192 valence electrons. The Morgan fingerprint density at radius 2 is 1.76 bits per heavy atom. The molecule has 0 spiro atoms. The van der Waals surface area contributed by atoms with E-state index in [4.69, 9.17) is 11.6 Å². The van der Waals surface area contributed by atoms with Crippen molar-refractivity contribution in [3.8, 4) is 0 Å². The fourth-order valence-corrected chi connectivity index (χ4v) is 6.18. The molecule has 2 amide bonds. The van der Waals surface area contributed by atoms with Crippen molar-refractivity contribution in [1.82, 2.24) is 14.7 Å². The van der Waals surface area contributed by atoms with Gasteiger partial charge in [0.15, 0.2) is 0 Å². The SMILES string of the molecule is O=C(CN1CCc2sccc2[C@H]1c1ccc(Cl)cc1)N1CCCN(C(=O)c2cccc([N+](=O)[O-])c2)CC1. The third kappa shape index (κ3) is 5.53. The van der Waals surface area contributed by atoms with E-state index in [9.17, 15) is 19.7 Å². The van der Waals surface area contributed by atoms with Crippen molar-refractivity contribution < 1.29 is 14.5 Å². The van der Waals surface area contributed by atoms with Gasteiger partial charge >= 0.3 is 0 Å². The average molecular weight is 539 g/mol. The van der Waals surface area contributed by atoms with Crippen LogP contribution in [0.4, 0.5) is 5.69 Å². The van der Waals surface area contributed by atoms with E-state index in [-0.39, 0.29) is 23.5 Å². The number of benzene rings is 2. The Hall–Kier alpha value is -3.27. The van der Waals surface area contributed by atoms with Gasteiger partial charge in [0.05, 0.1) is 17.5 Å². The molecule has 1 aromatic heterocycles. The topological polar surface area (TPSA) is 87.0 Å². The highest BCUT2D eigenvalue weighted by atomic mass is 35.5. The first-order valence-corrected chi connectivity index (χ1v) is 13.5. The third-order valence-corrected chi connectivity index (χ3v) is 8.28. The molecule has 1 saturated heterocycles. The summed E-state index contributed by atoms with van der Waals surface area (Å²) < 4.78 is 0. The molecule has 5 rings (SSSR count). The average Bonchev–Trinajstić information content (AvgIpc) is 3.24. The van der Waals surface area contributed by atoms with Gasteiger partial charge < -0.3 is 9.80 Å². The number of nitro groups is 1. The molecule has 0 unspecified atom stereocenters. The van der Waals surface area contributed by atoms with Crippen LogP contribution in [-0.4, -0.2) is 70.7 Å². The molecule has 3 aromatic rings. The second-order valence-corrected chi connectivity index (χ2v) is 10.7. The Balaban J connectivity index is 1.26. The highest BCUT2D eigenvalue weighted by molar-refractivity contribution is 7.10. The molecule has 0 bridgehead atoms. The Morgan fingerprint density at radius 3 is 2.54 bits per heavy atom. The summed E-state index contributed by atoms with van der Waals surface area (Å²) in [5, 5.41) is 13.9. The third-order valence-electron chi connectivity index (χ3n) is 7.03. The number of non-ortho nitro benzene ring substituents is 1. The standard InChI is InChI=1S/C27H27ClN4O4S/c28-21-7-5-19(6-8-21)26-23-10-16-37-24(23)9-13-31(26)18-25(33)29-11-2-12-30(15-14-29)27(34)20-3-1-4-22(17-20)32(35)36/h1,3-8,10,16-17,26H,2,9,11-15,18H2/t26-/m1/s1. The van der Waals surface area contributed by atoms with Crippen LogP contribution in [0.3, 0.4) is 0 Å².